The van der Waals surface area contributed by atoms with Crippen LogP contribution in [0.25, 0.3) is 0 Å². The molecule has 8 heteroatoms. The van der Waals surface area contributed by atoms with Crippen LogP contribution >= 0.6 is 0 Å². The van der Waals surface area contributed by atoms with Crippen molar-refractivity contribution in [1.29, 1.82) is 0 Å². The third-order valence-corrected chi connectivity index (χ3v) is 5.52. The molecule has 0 bridgehead atoms. The monoisotopic (exact) mass is 395 g/mol. The van der Waals surface area contributed by atoms with Gasteiger partial charge in [-0.3, -0.25) is 14.6 Å². The van der Waals surface area contributed by atoms with E-state index in [9.17, 15) is 9.59 Å². The van der Waals surface area contributed by atoms with Gasteiger partial charge in [-0.25, -0.2) is 9.97 Å². The van der Waals surface area contributed by atoms with Gasteiger partial charge in [0.15, 0.2) is 5.82 Å². The molecule has 0 aliphatic carbocycles. The zero-order chi connectivity index (χ0) is 20.2. The number of rotatable bonds is 3. The van der Waals surface area contributed by atoms with Crippen molar-refractivity contribution in [2.24, 2.45) is 0 Å². The molecule has 2 amide bonds. The van der Waals surface area contributed by atoms with E-state index >= 15 is 0 Å². The Morgan fingerprint density at radius 2 is 1.83 bits per heavy atom. The quantitative estimate of drug-likeness (QED) is 0.790. The van der Waals surface area contributed by atoms with Gasteiger partial charge < -0.3 is 14.5 Å². The second-order valence-electron chi connectivity index (χ2n) is 7.38. The normalized spacial score (nSPS) is 19.8. The average molecular weight is 395 g/mol. The van der Waals surface area contributed by atoms with Crippen LogP contribution in [-0.2, 0) is 4.74 Å². The summed E-state index contributed by atoms with van der Waals surface area (Å²) in [6, 6.07) is 3.27. The van der Waals surface area contributed by atoms with E-state index in [1.165, 1.54) is 0 Å². The van der Waals surface area contributed by atoms with Crippen LogP contribution in [0.4, 0.5) is 0 Å². The second-order valence-corrected chi connectivity index (χ2v) is 7.38. The molecule has 0 saturated carbocycles. The summed E-state index contributed by atoms with van der Waals surface area (Å²) < 4.78 is 5.32. The van der Waals surface area contributed by atoms with Crippen molar-refractivity contribution in [1.82, 2.24) is 24.8 Å². The molecule has 2 aliphatic heterocycles. The molecule has 2 aromatic heterocycles. The molecule has 2 aromatic rings. The maximum atomic E-state index is 13.0. The predicted octanol–water partition coefficient (Wildman–Crippen LogP) is 2.02. The van der Waals surface area contributed by atoms with E-state index in [1.807, 2.05) is 11.8 Å². The Morgan fingerprint density at radius 3 is 2.55 bits per heavy atom. The molecular weight excluding hydrogens is 370 g/mol. The van der Waals surface area contributed by atoms with E-state index in [-0.39, 0.29) is 17.9 Å². The Bertz CT molecular complexity index is 883. The van der Waals surface area contributed by atoms with Gasteiger partial charge in [0.1, 0.15) is 0 Å². The number of hydrogen-bond donors (Lipinski definition) is 0. The highest BCUT2D eigenvalue weighted by Crippen LogP contribution is 2.30. The van der Waals surface area contributed by atoms with E-state index in [0.717, 1.165) is 19.3 Å². The van der Waals surface area contributed by atoms with Gasteiger partial charge in [0.2, 0.25) is 0 Å². The van der Waals surface area contributed by atoms with Gasteiger partial charge in [0, 0.05) is 43.8 Å². The van der Waals surface area contributed by atoms with Gasteiger partial charge in [-0.15, -0.1) is 0 Å². The third kappa shape index (κ3) is 4.12. The molecule has 0 radical (unpaired) electrons. The second kappa shape index (κ2) is 8.65. The number of carbonyl (C=O) groups excluding carboxylic acids is 2. The summed E-state index contributed by atoms with van der Waals surface area (Å²) >= 11 is 0. The number of amides is 2. The van der Waals surface area contributed by atoms with Crippen molar-refractivity contribution in [3.63, 3.8) is 0 Å². The third-order valence-electron chi connectivity index (χ3n) is 5.52. The molecule has 2 saturated heterocycles. The number of morpholine rings is 1. The molecule has 29 heavy (non-hydrogen) atoms. The number of nitrogens with zero attached hydrogens (tertiary/aromatic N) is 5. The van der Waals surface area contributed by atoms with Crippen LogP contribution in [-0.4, -0.2) is 69.4 Å². The van der Waals surface area contributed by atoms with Crippen LogP contribution in [0.5, 0.6) is 0 Å². The minimum Gasteiger partial charge on any atom is -0.378 e. The van der Waals surface area contributed by atoms with Gasteiger partial charge in [0.05, 0.1) is 30.5 Å². The van der Waals surface area contributed by atoms with Gasteiger partial charge in [-0.1, -0.05) is 0 Å². The largest absolute Gasteiger partial charge is 0.378 e. The SMILES string of the molecule is Cc1nc([C@@H]2CCCCN2C(=O)c2ccncc2)ncc1C(=O)N1CCOCC1. The van der Waals surface area contributed by atoms with Crippen molar-refractivity contribution in [2.45, 2.75) is 32.2 Å². The lowest BCUT2D eigenvalue weighted by molar-refractivity contribution is 0.0301. The summed E-state index contributed by atoms with van der Waals surface area (Å²) in [4.78, 5) is 42.6. The van der Waals surface area contributed by atoms with Crippen molar-refractivity contribution in [3.8, 4) is 0 Å². The summed E-state index contributed by atoms with van der Waals surface area (Å²) in [6.07, 6.45) is 7.64. The lowest BCUT2D eigenvalue weighted by Gasteiger charge is -2.35. The van der Waals surface area contributed by atoms with Crippen LogP contribution in [0, 0.1) is 6.92 Å². The molecule has 8 nitrogen and oxygen atoms in total. The Labute approximate surface area is 169 Å². The number of carbonyl (C=O) groups is 2. The highest BCUT2D eigenvalue weighted by atomic mass is 16.5. The molecule has 4 heterocycles. The maximum Gasteiger partial charge on any atom is 0.257 e. The van der Waals surface area contributed by atoms with Crippen molar-refractivity contribution < 1.29 is 14.3 Å². The van der Waals surface area contributed by atoms with Crippen molar-refractivity contribution in [2.75, 3.05) is 32.8 Å². The number of ether oxygens (including phenoxy) is 1. The van der Waals surface area contributed by atoms with Gasteiger partial charge in [0.25, 0.3) is 11.8 Å². The van der Waals surface area contributed by atoms with Gasteiger partial charge in [-0.05, 0) is 38.3 Å². The van der Waals surface area contributed by atoms with Crippen LogP contribution in [0.15, 0.2) is 30.7 Å². The molecule has 2 fully saturated rings. The van der Waals surface area contributed by atoms with E-state index in [4.69, 9.17) is 4.74 Å². The number of pyridine rings is 1. The summed E-state index contributed by atoms with van der Waals surface area (Å²) in [7, 11) is 0. The molecule has 2 aliphatic rings. The molecular formula is C21H25N5O3. The first-order chi connectivity index (χ1) is 14.1. The smallest absolute Gasteiger partial charge is 0.257 e. The number of hydrogen-bond acceptors (Lipinski definition) is 6. The van der Waals surface area contributed by atoms with Crippen molar-refractivity contribution >= 4 is 11.8 Å². The fourth-order valence-corrected chi connectivity index (χ4v) is 3.90. The Balaban J connectivity index is 1.57. The summed E-state index contributed by atoms with van der Waals surface area (Å²) in [5.74, 6) is 0.501. The standard InChI is InChI=1S/C21H25N5O3/c1-15-17(21(28)25-10-12-29-13-11-25)14-23-19(24-15)18-4-2-3-9-26(18)20(27)16-5-7-22-8-6-16/h5-8,14,18H,2-4,9-13H2,1H3/t18-/m0/s1. The van der Waals surface area contributed by atoms with Gasteiger partial charge >= 0.3 is 0 Å². The molecule has 0 spiro atoms. The molecule has 4 rings (SSSR count). The Kier molecular flexibility index (Phi) is 5.80. The van der Waals surface area contributed by atoms with E-state index in [1.54, 1.807) is 35.6 Å². The molecule has 0 aromatic carbocycles. The Morgan fingerprint density at radius 1 is 1.07 bits per heavy atom. The average Bonchev–Trinajstić information content (AvgIpc) is 2.79. The van der Waals surface area contributed by atoms with E-state index < -0.39 is 0 Å². The lowest BCUT2D eigenvalue weighted by Crippen LogP contribution is -2.41. The molecule has 0 unspecified atom stereocenters. The number of aromatic nitrogens is 3. The number of likely N-dealkylation sites (tertiary alicyclic amines) is 1. The molecule has 1 atom stereocenters. The Hall–Kier alpha value is -2.87. The van der Waals surface area contributed by atoms with E-state index in [0.29, 0.717) is 55.5 Å². The summed E-state index contributed by atoms with van der Waals surface area (Å²) in [5.41, 5.74) is 1.77. The first-order valence-electron chi connectivity index (χ1n) is 10.1. The maximum absolute atomic E-state index is 13.0. The molecule has 0 N–H and O–H groups in total. The lowest BCUT2D eigenvalue weighted by atomic mass is 10.00. The highest BCUT2D eigenvalue weighted by molar-refractivity contribution is 5.95. The van der Waals surface area contributed by atoms with Crippen LogP contribution < -0.4 is 0 Å². The van der Waals surface area contributed by atoms with Gasteiger partial charge in [-0.2, -0.15) is 0 Å². The minimum absolute atomic E-state index is 0.0353. The number of piperidine rings is 1. The van der Waals surface area contributed by atoms with Crippen LogP contribution in [0.2, 0.25) is 0 Å². The minimum atomic E-state index is -0.185. The van der Waals surface area contributed by atoms with Crippen LogP contribution in [0.1, 0.15) is 57.5 Å². The summed E-state index contributed by atoms with van der Waals surface area (Å²) in [5, 5.41) is 0. The fraction of sp³-hybridized carbons (Fsp3) is 0.476. The summed E-state index contributed by atoms with van der Waals surface area (Å²) in [6.45, 7) is 4.77. The van der Waals surface area contributed by atoms with Crippen molar-refractivity contribution in [3.05, 3.63) is 53.4 Å². The zero-order valence-electron chi connectivity index (χ0n) is 16.6. The van der Waals surface area contributed by atoms with Crippen LogP contribution in [0.3, 0.4) is 0 Å². The zero-order valence-corrected chi connectivity index (χ0v) is 16.6. The first-order valence-corrected chi connectivity index (χ1v) is 10.1. The topological polar surface area (TPSA) is 88.5 Å². The first kappa shape index (κ1) is 19.4. The predicted molar refractivity (Wildman–Crippen MR) is 105 cm³/mol. The fourth-order valence-electron chi connectivity index (χ4n) is 3.90. The highest BCUT2D eigenvalue weighted by Gasteiger charge is 2.31. The van der Waals surface area contributed by atoms with E-state index in [2.05, 4.69) is 15.0 Å². The molecule has 152 valence electrons. The number of aryl methyl sites for hydroxylation is 1.